The fourth-order valence-corrected chi connectivity index (χ4v) is 1.13. The summed E-state index contributed by atoms with van der Waals surface area (Å²) in [5.41, 5.74) is 0.204. The maximum atomic E-state index is 11.0. The first kappa shape index (κ1) is 9.82. The molecular weight excluding hydrogens is 194 g/mol. The van der Waals surface area contributed by atoms with E-state index < -0.39 is 17.0 Å². The van der Waals surface area contributed by atoms with Crippen LogP contribution in [0.1, 0.15) is 10.4 Å². The van der Waals surface area contributed by atoms with Gasteiger partial charge in [-0.1, -0.05) is 0 Å². The number of hydrogen-bond donors (Lipinski definition) is 1. The molecule has 0 aromatic carbocycles. The maximum Gasteiger partial charge on any atom is 0.338 e. The lowest BCUT2D eigenvalue weighted by Gasteiger charge is -1.99. The van der Waals surface area contributed by atoms with Crippen molar-refractivity contribution in [2.75, 3.05) is 7.11 Å². The zero-order chi connectivity index (χ0) is 9.84. The summed E-state index contributed by atoms with van der Waals surface area (Å²) in [6.07, 6.45) is 1.27. The molecule has 0 aliphatic rings. The molecule has 1 aromatic heterocycles. The highest BCUT2D eigenvalue weighted by Gasteiger charge is 2.08. The Morgan fingerprint density at radius 3 is 2.92 bits per heavy atom. The third-order valence-corrected chi connectivity index (χ3v) is 1.92. The second-order valence-electron chi connectivity index (χ2n) is 2.12. The van der Waals surface area contributed by atoms with Crippen LogP contribution in [-0.2, 0) is 15.8 Å². The van der Waals surface area contributed by atoms with Crippen LogP contribution in [-0.4, -0.2) is 26.8 Å². The van der Waals surface area contributed by atoms with Gasteiger partial charge >= 0.3 is 5.97 Å². The minimum atomic E-state index is -2.18. The van der Waals surface area contributed by atoms with E-state index in [9.17, 15) is 9.00 Å². The van der Waals surface area contributed by atoms with Crippen molar-refractivity contribution in [3.05, 3.63) is 23.9 Å². The van der Waals surface area contributed by atoms with E-state index in [-0.39, 0.29) is 10.6 Å². The van der Waals surface area contributed by atoms with Gasteiger partial charge in [0.1, 0.15) is 0 Å². The minimum absolute atomic E-state index is 0.0668. The Morgan fingerprint density at radius 2 is 2.38 bits per heavy atom. The molecule has 1 unspecified atom stereocenters. The van der Waals surface area contributed by atoms with E-state index in [2.05, 4.69) is 9.72 Å². The third-order valence-electron chi connectivity index (χ3n) is 1.33. The summed E-state index contributed by atoms with van der Waals surface area (Å²) in [7, 11) is 1.23. The SMILES string of the molecule is COC(=O)c1ccnc(S(=O)O)c1. The Labute approximate surface area is 77.0 Å². The molecule has 0 aliphatic heterocycles. The number of carbonyl (C=O) groups excluding carboxylic acids is 1. The molecule has 1 rings (SSSR count). The first-order valence-corrected chi connectivity index (χ1v) is 4.41. The lowest BCUT2D eigenvalue weighted by molar-refractivity contribution is 0.0600. The first-order chi connectivity index (χ1) is 6.15. The molecule has 1 heterocycles. The zero-order valence-corrected chi connectivity index (χ0v) is 7.58. The van der Waals surface area contributed by atoms with E-state index >= 15 is 0 Å². The monoisotopic (exact) mass is 201 g/mol. The molecule has 0 saturated heterocycles. The second-order valence-corrected chi connectivity index (χ2v) is 3.04. The summed E-state index contributed by atoms with van der Waals surface area (Å²) >= 11 is -2.18. The van der Waals surface area contributed by atoms with Crippen LogP contribution in [0.25, 0.3) is 0 Å². The number of rotatable bonds is 2. The molecule has 0 saturated carbocycles. The largest absolute Gasteiger partial charge is 0.465 e. The number of esters is 1. The van der Waals surface area contributed by atoms with E-state index in [1.54, 1.807) is 0 Å². The molecule has 6 heteroatoms. The summed E-state index contributed by atoms with van der Waals surface area (Å²) in [4.78, 5) is 14.6. The minimum Gasteiger partial charge on any atom is -0.465 e. The van der Waals surface area contributed by atoms with Gasteiger partial charge in [-0.05, 0) is 12.1 Å². The van der Waals surface area contributed by atoms with Gasteiger partial charge in [-0.3, -0.25) is 0 Å². The molecule has 70 valence electrons. The molecule has 1 N–H and O–H groups in total. The molecule has 0 aliphatic carbocycles. The standard InChI is InChI=1S/C7H7NO4S/c1-12-7(9)5-2-3-8-6(4-5)13(10)11/h2-4H,1H3,(H,10,11). The maximum absolute atomic E-state index is 11.0. The fourth-order valence-electron chi connectivity index (χ4n) is 0.750. The zero-order valence-electron chi connectivity index (χ0n) is 6.76. The normalized spacial score (nSPS) is 12.2. The molecule has 0 amide bonds. The van der Waals surface area contributed by atoms with Gasteiger partial charge in [-0.25, -0.2) is 14.0 Å². The Kier molecular flexibility index (Phi) is 3.10. The number of methoxy groups -OCH3 is 1. The van der Waals surface area contributed by atoms with Gasteiger partial charge in [-0.15, -0.1) is 0 Å². The summed E-state index contributed by atoms with van der Waals surface area (Å²) in [5, 5.41) is -0.0668. The van der Waals surface area contributed by atoms with Crippen molar-refractivity contribution in [1.82, 2.24) is 4.98 Å². The smallest absolute Gasteiger partial charge is 0.338 e. The van der Waals surface area contributed by atoms with Crippen LogP contribution >= 0.6 is 0 Å². The number of hydrogen-bond acceptors (Lipinski definition) is 4. The van der Waals surface area contributed by atoms with Gasteiger partial charge in [0.2, 0.25) is 11.1 Å². The highest BCUT2D eigenvalue weighted by Crippen LogP contribution is 2.05. The Morgan fingerprint density at radius 1 is 1.69 bits per heavy atom. The van der Waals surface area contributed by atoms with Crippen LogP contribution in [0, 0.1) is 0 Å². The van der Waals surface area contributed by atoms with Gasteiger partial charge in [0.15, 0.2) is 5.03 Å². The average molecular weight is 201 g/mol. The van der Waals surface area contributed by atoms with Crippen LogP contribution in [0.2, 0.25) is 0 Å². The third kappa shape index (κ3) is 2.33. The molecule has 13 heavy (non-hydrogen) atoms. The number of nitrogens with zero attached hydrogens (tertiary/aromatic N) is 1. The van der Waals surface area contributed by atoms with Crippen molar-refractivity contribution < 1.29 is 18.3 Å². The van der Waals surface area contributed by atoms with Crippen LogP contribution in [0.15, 0.2) is 23.4 Å². The number of ether oxygens (including phenoxy) is 1. The predicted octanol–water partition coefficient (Wildman–Crippen LogP) is 0.449. The van der Waals surface area contributed by atoms with Gasteiger partial charge in [0.05, 0.1) is 12.7 Å². The topological polar surface area (TPSA) is 76.5 Å². The van der Waals surface area contributed by atoms with Crippen molar-refractivity contribution in [2.24, 2.45) is 0 Å². The molecule has 0 spiro atoms. The van der Waals surface area contributed by atoms with Crippen LogP contribution in [0.3, 0.4) is 0 Å². The Hall–Kier alpha value is -1.27. The van der Waals surface area contributed by atoms with Gasteiger partial charge < -0.3 is 9.29 Å². The molecule has 0 bridgehead atoms. The molecule has 0 radical (unpaired) electrons. The number of aromatic nitrogens is 1. The Balaban J connectivity index is 3.05. The van der Waals surface area contributed by atoms with Gasteiger partial charge in [0.25, 0.3) is 0 Å². The van der Waals surface area contributed by atoms with Crippen molar-refractivity contribution in [3.63, 3.8) is 0 Å². The van der Waals surface area contributed by atoms with Gasteiger partial charge in [0, 0.05) is 6.20 Å². The summed E-state index contributed by atoms with van der Waals surface area (Å²) in [5.74, 6) is -0.561. The van der Waals surface area contributed by atoms with E-state index in [4.69, 9.17) is 4.55 Å². The highest BCUT2D eigenvalue weighted by atomic mass is 32.2. The quantitative estimate of drug-likeness (QED) is 0.555. The Bertz CT molecular complexity index is 352. The van der Waals surface area contributed by atoms with E-state index in [1.165, 1.54) is 25.4 Å². The molecule has 1 aromatic rings. The lowest BCUT2D eigenvalue weighted by atomic mass is 10.3. The molecular formula is C7H7NO4S. The van der Waals surface area contributed by atoms with E-state index in [0.29, 0.717) is 0 Å². The first-order valence-electron chi connectivity index (χ1n) is 3.30. The summed E-state index contributed by atoms with van der Waals surface area (Å²) < 4.78 is 23.6. The predicted molar refractivity (Wildman–Crippen MR) is 44.6 cm³/mol. The summed E-state index contributed by atoms with van der Waals surface area (Å²) in [6.45, 7) is 0. The number of pyridine rings is 1. The fraction of sp³-hybridized carbons (Fsp3) is 0.143. The van der Waals surface area contributed by atoms with Crippen molar-refractivity contribution >= 4 is 17.0 Å². The van der Waals surface area contributed by atoms with Crippen molar-refractivity contribution in [3.8, 4) is 0 Å². The van der Waals surface area contributed by atoms with Crippen molar-refractivity contribution in [1.29, 1.82) is 0 Å². The summed E-state index contributed by atoms with van der Waals surface area (Å²) in [6, 6.07) is 2.62. The van der Waals surface area contributed by atoms with Crippen LogP contribution < -0.4 is 0 Å². The van der Waals surface area contributed by atoms with E-state index in [0.717, 1.165) is 0 Å². The van der Waals surface area contributed by atoms with Crippen molar-refractivity contribution in [2.45, 2.75) is 5.03 Å². The average Bonchev–Trinajstić information content (AvgIpc) is 2.17. The van der Waals surface area contributed by atoms with Crippen LogP contribution in [0.4, 0.5) is 0 Å². The highest BCUT2D eigenvalue weighted by molar-refractivity contribution is 7.79. The lowest BCUT2D eigenvalue weighted by Crippen LogP contribution is -2.03. The van der Waals surface area contributed by atoms with Gasteiger partial charge in [-0.2, -0.15) is 0 Å². The molecule has 5 nitrogen and oxygen atoms in total. The van der Waals surface area contributed by atoms with E-state index in [1.807, 2.05) is 0 Å². The molecule has 0 fully saturated rings. The second kappa shape index (κ2) is 4.11. The number of carbonyl (C=O) groups is 1. The van der Waals surface area contributed by atoms with Crippen LogP contribution in [0.5, 0.6) is 0 Å². The molecule has 1 atom stereocenters.